The lowest BCUT2D eigenvalue weighted by molar-refractivity contribution is -0.144. The van der Waals surface area contributed by atoms with Gasteiger partial charge in [-0.1, -0.05) is 73.3 Å². The van der Waals surface area contributed by atoms with Gasteiger partial charge in [0.25, 0.3) is 23.6 Å². The number of hydrogen-bond acceptors (Lipinski definition) is 14. The van der Waals surface area contributed by atoms with Crippen LogP contribution in [0.5, 0.6) is 0 Å². The summed E-state index contributed by atoms with van der Waals surface area (Å²) in [5.74, 6) is -6.76. The molecule has 6 rings (SSSR count). The molecule has 6 aromatic carbocycles. The van der Waals surface area contributed by atoms with Gasteiger partial charge in [0.1, 0.15) is 12.2 Å². The molecular formula is C62H58N4O14. The van der Waals surface area contributed by atoms with Crippen molar-refractivity contribution < 1.29 is 66.9 Å². The normalized spacial score (nSPS) is 11.3. The number of amides is 4. The molecule has 0 aliphatic heterocycles. The molecule has 0 heterocycles. The van der Waals surface area contributed by atoms with E-state index in [1.807, 2.05) is 13.0 Å². The first-order chi connectivity index (χ1) is 38.1. The predicted octanol–water partition coefficient (Wildman–Crippen LogP) is 9.68. The third kappa shape index (κ3) is 16.0. The van der Waals surface area contributed by atoms with Crippen LogP contribution in [-0.2, 0) is 28.5 Å². The molecular weight excluding hydrogens is 1020 g/mol. The molecule has 4 N–H and O–H groups in total. The molecule has 0 saturated heterocycles. The van der Waals surface area contributed by atoms with Crippen LogP contribution < -0.4 is 21.3 Å². The number of rotatable bonds is 23. The van der Waals surface area contributed by atoms with E-state index in [0.717, 1.165) is 11.6 Å². The van der Waals surface area contributed by atoms with Crippen LogP contribution >= 0.6 is 0 Å². The quantitative estimate of drug-likeness (QED) is 0.0202. The molecule has 0 aromatic heterocycles. The van der Waals surface area contributed by atoms with E-state index in [1.165, 1.54) is 81.6 Å². The fourth-order valence-electron chi connectivity index (χ4n) is 7.65. The Hall–Kier alpha value is -10.1. The van der Waals surface area contributed by atoms with Crippen molar-refractivity contribution in [3.05, 3.63) is 219 Å². The van der Waals surface area contributed by atoms with Crippen molar-refractivity contribution >= 4 is 76.1 Å². The van der Waals surface area contributed by atoms with Crippen LogP contribution in [0.15, 0.2) is 158 Å². The van der Waals surface area contributed by atoms with Gasteiger partial charge in [-0.15, -0.1) is 0 Å². The molecule has 6 aromatic rings. The van der Waals surface area contributed by atoms with Gasteiger partial charge < -0.3 is 40.2 Å². The van der Waals surface area contributed by atoms with E-state index in [4.69, 9.17) is 18.9 Å². The fraction of sp³-hybridized carbons (Fsp3) is 0.194. The molecule has 0 aliphatic rings. The summed E-state index contributed by atoms with van der Waals surface area (Å²) in [6.07, 6.45) is -1.07. The summed E-state index contributed by atoms with van der Waals surface area (Å²) in [4.78, 5) is 133. The van der Waals surface area contributed by atoms with Gasteiger partial charge in [0.15, 0.2) is 11.6 Å². The predicted molar refractivity (Wildman–Crippen MR) is 298 cm³/mol. The van der Waals surface area contributed by atoms with Crippen LogP contribution in [0.2, 0.25) is 0 Å². The van der Waals surface area contributed by atoms with Gasteiger partial charge in [0.05, 0.1) is 35.5 Å². The van der Waals surface area contributed by atoms with Gasteiger partial charge in [0, 0.05) is 81.5 Å². The molecule has 2 unspecified atom stereocenters. The van der Waals surface area contributed by atoms with Crippen molar-refractivity contribution in [2.75, 3.05) is 36.2 Å². The molecule has 0 saturated carbocycles. The number of esters is 4. The monoisotopic (exact) mass is 1080 g/mol. The average molecular weight is 1080 g/mol. The molecule has 0 fully saturated rings. The average Bonchev–Trinajstić information content (AvgIpc) is 3.45. The molecule has 0 spiro atoms. The number of benzene rings is 6. The Bertz CT molecular complexity index is 3470. The third-order valence-corrected chi connectivity index (χ3v) is 12.0. The van der Waals surface area contributed by atoms with Crippen molar-refractivity contribution in [2.45, 2.75) is 59.7 Å². The summed E-state index contributed by atoms with van der Waals surface area (Å²) in [6, 6.07) is 33.0. The fourth-order valence-corrected chi connectivity index (χ4v) is 7.65. The highest BCUT2D eigenvalue weighted by Gasteiger charge is 2.26. The zero-order valence-electron chi connectivity index (χ0n) is 44.8. The molecule has 80 heavy (non-hydrogen) atoms. The van der Waals surface area contributed by atoms with Crippen molar-refractivity contribution in [3.8, 4) is 0 Å². The summed E-state index contributed by atoms with van der Waals surface area (Å²) in [7, 11) is 1.33. The maximum absolute atomic E-state index is 14.3. The minimum atomic E-state index is -0.966. The van der Waals surface area contributed by atoms with Crippen molar-refractivity contribution in [2.24, 2.45) is 0 Å². The summed E-state index contributed by atoms with van der Waals surface area (Å²) < 4.78 is 21.4. The number of ketones is 2. The lowest BCUT2D eigenvalue weighted by atomic mass is 9.95. The summed E-state index contributed by atoms with van der Waals surface area (Å²) >= 11 is 0. The van der Waals surface area contributed by atoms with Gasteiger partial charge in [-0.2, -0.15) is 0 Å². The highest BCUT2D eigenvalue weighted by molar-refractivity contribution is 6.17. The maximum Gasteiger partial charge on any atom is 0.338 e. The largest absolute Gasteiger partial charge is 0.462 e. The van der Waals surface area contributed by atoms with E-state index in [-0.39, 0.29) is 110 Å². The number of anilines is 3. The maximum atomic E-state index is 14.3. The summed E-state index contributed by atoms with van der Waals surface area (Å²) in [5, 5.41) is 10.7. The van der Waals surface area contributed by atoms with E-state index in [1.54, 1.807) is 74.5 Å². The molecule has 0 radical (unpaired) electrons. The molecule has 18 nitrogen and oxygen atoms in total. The van der Waals surface area contributed by atoms with E-state index in [2.05, 4.69) is 34.4 Å². The Kier molecular flexibility index (Phi) is 20.2. The Morgan fingerprint density at radius 2 is 0.800 bits per heavy atom. The van der Waals surface area contributed by atoms with Gasteiger partial charge in [0.2, 0.25) is 0 Å². The first kappa shape index (κ1) is 59.1. The van der Waals surface area contributed by atoms with E-state index >= 15 is 0 Å². The zero-order chi connectivity index (χ0) is 58.2. The van der Waals surface area contributed by atoms with E-state index < -0.39 is 59.6 Å². The van der Waals surface area contributed by atoms with Crippen LogP contribution in [0.4, 0.5) is 17.1 Å². The second-order valence-electron chi connectivity index (χ2n) is 18.6. The number of nitrogens with one attached hydrogen (secondary N) is 4. The number of carbonyl (C=O) groups is 10. The second-order valence-corrected chi connectivity index (χ2v) is 18.6. The molecule has 18 heteroatoms. The SMILES string of the molecule is C=C(C)C(=O)OC(C)CCOC(=O)c1ccc(C(=O)c2ccc(C(=O)OCCC(C)OC(=O)C(=C)C)c(C(=O)Nc3cccc(C(=O)Nc4cccc(C(=O)c5cccc(NC(=O)c6cccc(C)c6)c5)c4)c3)c2)cc1C(=O)NC. The summed E-state index contributed by atoms with van der Waals surface area (Å²) in [6.45, 7) is 14.7. The standard InChI is InChI=1S/C62H58N4O14/c1-35(2)59(73)79-38(6)25-27-77-61(75)49-23-21-42(33-51(49)57(71)63-8)54(68)43-22-24-50(62(76)78-28-26-39(7)80-60(74)36(3)4)52(34-43)58(72)66-48-20-12-17-45(32-48)56(70)65-47-19-11-15-41(31-47)53(67)40-14-10-18-46(30-40)64-55(69)44-16-9-13-37(5)29-44/h9-24,29-34,38-39H,1,3,25-28H2,2,4-8H3,(H,63,71)(H,64,69)(H,65,70)(H,66,72). The smallest absolute Gasteiger partial charge is 0.338 e. The second kappa shape index (κ2) is 27.3. The highest BCUT2D eigenvalue weighted by Crippen LogP contribution is 2.24. The van der Waals surface area contributed by atoms with Gasteiger partial charge in [-0.3, -0.25) is 28.8 Å². The third-order valence-electron chi connectivity index (χ3n) is 12.0. The van der Waals surface area contributed by atoms with Crippen LogP contribution in [0, 0.1) is 6.92 Å². The number of ether oxygens (including phenoxy) is 4. The molecule has 0 bridgehead atoms. The van der Waals surface area contributed by atoms with Crippen molar-refractivity contribution in [3.63, 3.8) is 0 Å². The van der Waals surface area contributed by atoms with Crippen LogP contribution in [0.3, 0.4) is 0 Å². The minimum Gasteiger partial charge on any atom is -0.462 e. The Labute approximate surface area is 461 Å². The Balaban J connectivity index is 1.21. The van der Waals surface area contributed by atoms with Crippen LogP contribution in [-0.4, -0.2) is 91.5 Å². The minimum absolute atomic E-state index is 0.0807. The van der Waals surface area contributed by atoms with Crippen molar-refractivity contribution in [1.82, 2.24) is 5.32 Å². The number of hydrogen-bond donors (Lipinski definition) is 4. The van der Waals surface area contributed by atoms with E-state index in [9.17, 15) is 47.9 Å². The van der Waals surface area contributed by atoms with Gasteiger partial charge >= 0.3 is 23.9 Å². The first-order valence-corrected chi connectivity index (χ1v) is 25.1. The molecule has 410 valence electrons. The Morgan fingerprint density at radius 3 is 1.21 bits per heavy atom. The topological polar surface area (TPSA) is 256 Å². The van der Waals surface area contributed by atoms with Crippen LogP contribution in [0.25, 0.3) is 0 Å². The van der Waals surface area contributed by atoms with E-state index in [0.29, 0.717) is 11.3 Å². The van der Waals surface area contributed by atoms with Gasteiger partial charge in [-0.25, -0.2) is 19.2 Å². The molecule has 0 aliphatic carbocycles. The van der Waals surface area contributed by atoms with Gasteiger partial charge in [-0.05, 0) is 113 Å². The molecule has 2 atom stereocenters. The van der Waals surface area contributed by atoms with Crippen LogP contribution in [0.1, 0.15) is 140 Å². The lowest BCUT2D eigenvalue weighted by Gasteiger charge is -2.15. The number of aryl methyl sites for hydroxylation is 1. The lowest BCUT2D eigenvalue weighted by Crippen LogP contribution is -2.23. The summed E-state index contributed by atoms with van der Waals surface area (Å²) in [5.41, 5.74) is 1.99. The Morgan fingerprint density at radius 1 is 0.438 bits per heavy atom. The highest BCUT2D eigenvalue weighted by atomic mass is 16.6. The zero-order valence-corrected chi connectivity index (χ0v) is 44.8. The number of carbonyl (C=O) groups excluding carboxylic acids is 10. The van der Waals surface area contributed by atoms with Crippen molar-refractivity contribution in [1.29, 1.82) is 0 Å². The first-order valence-electron chi connectivity index (χ1n) is 25.1. The molecule has 4 amide bonds.